The van der Waals surface area contributed by atoms with Gasteiger partial charge in [-0.2, -0.15) is 0 Å². The summed E-state index contributed by atoms with van der Waals surface area (Å²) >= 11 is 0. The number of ether oxygens (including phenoxy) is 2. The van der Waals surface area contributed by atoms with Gasteiger partial charge >= 0.3 is 18.2 Å². The molecule has 0 fully saturated rings. The molecule has 0 saturated carbocycles. The van der Waals surface area contributed by atoms with Crippen LogP contribution in [-0.4, -0.2) is 54.9 Å². The third kappa shape index (κ3) is 9.44. The minimum Gasteiger partial charge on any atom is -0.477 e. The Balaban J connectivity index is 2.03. The smallest absolute Gasteiger partial charge is 0.411 e. The maximum Gasteiger partial charge on any atom is 0.411 e. The predicted molar refractivity (Wildman–Crippen MR) is 122 cm³/mol. The zero-order valence-corrected chi connectivity index (χ0v) is 19.0. The number of likely N-dealkylation sites (N-methyl/N-ethyl adjacent to an activating group) is 1. The molecule has 0 heterocycles. The Hall–Kier alpha value is -3.85. The highest BCUT2D eigenvalue weighted by molar-refractivity contribution is 5.74. The van der Waals surface area contributed by atoms with Crippen molar-refractivity contribution in [3.63, 3.8) is 0 Å². The van der Waals surface area contributed by atoms with Crippen LogP contribution < -0.4 is 10.6 Å². The fourth-order valence-corrected chi connectivity index (χ4v) is 2.85. The van der Waals surface area contributed by atoms with Crippen LogP contribution in [0.4, 0.5) is 9.59 Å². The molecule has 9 nitrogen and oxygen atoms in total. The normalized spacial score (nSPS) is 12.4. The first kappa shape index (κ1) is 25.4. The van der Waals surface area contributed by atoms with Crippen molar-refractivity contribution in [2.75, 3.05) is 21.1 Å². The topological polar surface area (TPSA) is 114 Å². The Morgan fingerprint density at radius 3 is 1.82 bits per heavy atom. The first-order chi connectivity index (χ1) is 15.6. The maximum absolute atomic E-state index is 12.3. The molecule has 0 spiro atoms. The summed E-state index contributed by atoms with van der Waals surface area (Å²) in [5.41, 5.74) is 1.79. The van der Waals surface area contributed by atoms with Crippen molar-refractivity contribution in [2.24, 2.45) is 0 Å². The molecule has 0 saturated heterocycles. The van der Waals surface area contributed by atoms with Crippen LogP contribution in [0.2, 0.25) is 0 Å². The molecule has 0 aliphatic heterocycles. The molecule has 0 bridgehead atoms. The van der Waals surface area contributed by atoms with E-state index in [1.807, 2.05) is 60.7 Å². The number of quaternary nitrogens is 1. The van der Waals surface area contributed by atoms with Crippen LogP contribution >= 0.6 is 0 Å². The van der Waals surface area contributed by atoms with Gasteiger partial charge in [0, 0.05) is 11.9 Å². The molecule has 33 heavy (non-hydrogen) atoms. The van der Waals surface area contributed by atoms with E-state index in [2.05, 4.69) is 10.6 Å². The van der Waals surface area contributed by atoms with E-state index in [1.54, 1.807) is 21.1 Å². The zero-order valence-electron chi connectivity index (χ0n) is 19.0. The van der Waals surface area contributed by atoms with Crippen LogP contribution in [0, 0.1) is 0 Å². The summed E-state index contributed by atoms with van der Waals surface area (Å²) in [5.74, 6) is -1.04. The Bertz CT molecular complexity index is 955. The second kappa shape index (κ2) is 12.3. The van der Waals surface area contributed by atoms with Crippen LogP contribution in [0.5, 0.6) is 0 Å². The molecule has 9 heteroatoms. The number of nitrogens with zero attached hydrogens (tertiary/aromatic N) is 1. The first-order valence-corrected chi connectivity index (χ1v) is 10.3. The maximum atomic E-state index is 12.3. The van der Waals surface area contributed by atoms with Gasteiger partial charge in [0.2, 0.25) is 0 Å². The Morgan fingerprint density at radius 1 is 0.879 bits per heavy atom. The number of aliphatic carboxylic acids is 1. The molecule has 2 aromatic rings. The summed E-state index contributed by atoms with van der Waals surface area (Å²) in [4.78, 5) is 36.2. The molecular weight excluding hydrogens is 426 g/mol. The molecular formula is C24H30N3O6+. The summed E-state index contributed by atoms with van der Waals surface area (Å²) < 4.78 is 10.5. The number of carboxylic acid groups (broad SMARTS) is 1. The molecule has 0 radical (unpaired) electrons. The standard InChI is InChI=1S/C24H29N3O6/c1-27(2,3)21(22(28)29)14-20(26-24(31)33-17-19-12-8-5-9-13-19)15-25-23(30)32-16-18-10-6-4-7-11-18/h4-13,15,21H,14,16-17H2,1-3H3,(H2-,25,26,28,29,30,31)/p+1/b20-15-/t21-/m1/s1. The molecule has 0 unspecified atom stereocenters. The quantitative estimate of drug-likeness (QED) is 0.473. The largest absolute Gasteiger partial charge is 0.477 e. The van der Waals surface area contributed by atoms with Crippen molar-refractivity contribution in [2.45, 2.75) is 25.7 Å². The van der Waals surface area contributed by atoms with E-state index >= 15 is 0 Å². The van der Waals surface area contributed by atoms with Gasteiger partial charge in [0.1, 0.15) is 13.2 Å². The molecule has 0 aliphatic rings. The van der Waals surface area contributed by atoms with E-state index in [0.29, 0.717) is 0 Å². The second-order valence-corrected chi connectivity index (χ2v) is 8.24. The van der Waals surface area contributed by atoms with Gasteiger partial charge in [0.15, 0.2) is 6.04 Å². The predicted octanol–water partition coefficient (Wildman–Crippen LogP) is 3.23. The molecule has 0 aromatic heterocycles. The highest BCUT2D eigenvalue weighted by atomic mass is 16.6. The summed E-state index contributed by atoms with van der Waals surface area (Å²) in [5, 5.41) is 14.6. The van der Waals surface area contributed by atoms with Crippen molar-refractivity contribution < 1.29 is 33.4 Å². The van der Waals surface area contributed by atoms with E-state index in [0.717, 1.165) is 11.1 Å². The number of carbonyl (C=O) groups is 3. The van der Waals surface area contributed by atoms with Crippen LogP contribution in [0.3, 0.4) is 0 Å². The first-order valence-electron chi connectivity index (χ1n) is 10.3. The number of amides is 2. The number of hydrogen-bond donors (Lipinski definition) is 3. The lowest BCUT2D eigenvalue weighted by molar-refractivity contribution is -0.887. The lowest BCUT2D eigenvalue weighted by atomic mass is 10.1. The molecule has 0 aliphatic carbocycles. The SMILES string of the molecule is C[N+](C)(C)[C@H](C/C(=C/NC(=O)OCc1ccccc1)NC(=O)OCc1ccccc1)C(=O)O. The zero-order chi connectivity index (χ0) is 24.3. The highest BCUT2D eigenvalue weighted by Gasteiger charge is 2.32. The van der Waals surface area contributed by atoms with Gasteiger partial charge in [-0.05, 0) is 11.1 Å². The van der Waals surface area contributed by atoms with Gasteiger partial charge in [0.05, 0.1) is 27.6 Å². The minimum atomic E-state index is -1.04. The number of benzene rings is 2. The summed E-state index contributed by atoms with van der Waals surface area (Å²) in [6.07, 6.45) is -0.343. The van der Waals surface area contributed by atoms with E-state index < -0.39 is 24.2 Å². The Labute approximate surface area is 193 Å². The highest BCUT2D eigenvalue weighted by Crippen LogP contribution is 2.13. The van der Waals surface area contributed by atoms with Crippen molar-refractivity contribution in [1.29, 1.82) is 0 Å². The number of rotatable bonds is 10. The van der Waals surface area contributed by atoms with Crippen LogP contribution in [0.15, 0.2) is 72.6 Å². The fourth-order valence-electron chi connectivity index (χ4n) is 2.85. The third-order valence-electron chi connectivity index (χ3n) is 4.69. The van der Waals surface area contributed by atoms with E-state index in [-0.39, 0.29) is 29.8 Å². The van der Waals surface area contributed by atoms with Gasteiger partial charge in [-0.1, -0.05) is 60.7 Å². The van der Waals surface area contributed by atoms with E-state index in [1.165, 1.54) is 6.20 Å². The van der Waals surface area contributed by atoms with Gasteiger partial charge in [0.25, 0.3) is 0 Å². The fraction of sp³-hybridized carbons (Fsp3) is 0.292. The Kier molecular flexibility index (Phi) is 9.44. The molecule has 1 atom stereocenters. The van der Waals surface area contributed by atoms with Gasteiger partial charge in [-0.25, -0.2) is 14.4 Å². The third-order valence-corrected chi connectivity index (χ3v) is 4.69. The number of alkyl carbamates (subject to hydrolysis) is 2. The van der Waals surface area contributed by atoms with Gasteiger partial charge in [-0.3, -0.25) is 10.6 Å². The summed E-state index contributed by atoms with van der Waals surface area (Å²) in [6, 6.07) is 17.4. The molecule has 2 rings (SSSR count). The summed E-state index contributed by atoms with van der Waals surface area (Å²) in [6.45, 7) is 0.114. The van der Waals surface area contributed by atoms with Crippen molar-refractivity contribution >= 4 is 18.2 Å². The van der Waals surface area contributed by atoms with Crippen molar-refractivity contribution in [3.05, 3.63) is 83.7 Å². The Morgan fingerprint density at radius 2 is 1.36 bits per heavy atom. The number of carbonyl (C=O) groups excluding carboxylic acids is 2. The van der Waals surface area contributed by atoms with Crippen LogP contribution in [0.1, 0.15) is 17.5 Å². The molecule has 2 aromatic carbocycles. The van der Waals surface area contributed by atoms with Crippen LogP contribution in [0.25, 0.3) is 0 Å². The summed E-state index contributed by atoms with van der Waals surface area (Å²) in [7, 11) is 5.18. The number of carboxylic acids is 1. The molecule has 3 N–H and O–H groups in total. The average molecular weight is 457 g/mol. The van der Waals surface area contributed by atoms with Crippen molar-refractivity contribution in [3.8, 4) is 0 Å². The van der Waals surface area contributed by atoms with E-state index in [4.69, 9.17) is 9.47 Å². The van der Waals surface area contributed by atoms with Gasteiger partial charge in [-0.15, -0.1) is 0 Å². The number of nitrogens with one attached hydrogen (secondary N) is 2. The molecule has 2 amide bonds. The van der Waals surface area contributed by atoms with Crippen molar-refractivity contribution in [1.82, 2.24) is 10.6 Å². The molecule has 176 valence electrons. The van der Waals surface area contributed by atoms with Gasteiger partial charge < -0.3 is 19.1 Å². The minimum absolute atomic E-state index is 0.0458. The van der Waals surface area contributed by atoms with Crippen LogP contribution in [-0.2, 0) is 27.5 Å². The second-order valence-electron chi connectivity index (χ2n) is 8.24. The van der Waals surface area contributed by atoms with E-state index in [9.17, 15) is 19.5 Å². The lowest BCUT2D eigenvalue weighted by Gasteiger charge is -2.31. The average Bonchev–Trinajstić information content (AvgIpc) is 2.78. The monoisotopic (exact) mass is 456 g/mol. The number of hydrogen-bond acceptors (Lipinski definition) is 5. The lowest BCUT2D eigenvalue weighted by Crippen LogP contribution is -2.50.